The predicted molar refractivity (Wildman–Crippen MR) is 68.2 cm³/mol. The molecule has 2 atom stereocenters. The van der Waals surface area contributed by atoms with E-state index in [2.05, 4.69) is 12.1 Å². The molecule has 0 spiro atoms. The van der Waals surface area contributed by atoms with Crippen molar-refractivity contribution in [1.82, 2.24) is 0 Å². The summed E-state index contributed by atoms with van der Waals surface area (Å²) in [4.78, 5) is 12.2. The molecule has 1 heterocycles. The molecule has 2 unspecified atom stereocenters. The highest BCUT2D eigenvalue weighted by Crippen LogP contribution is 2.49. The first-order valence-electron chi connectivity index (χ1n) is 6.17. The van der Waals surface area contributed by atoms with Gasteiger partial charge in [-0.15, -0.1) is 0 Å². The van der Waals surface area contributed by atoms with Crippen LogP contribution in [0.15, 0.2) is 46.9 Å². The Morgan fingerprint density at radius 3 is 2.67 bits per heavy atom. The van der Waals surface area contributed by atoms with Crippen molar-refractivity contribution in [2.75, 3.05) is 0 Å². The molecular formula is C15H15NO2. The van der Waals surface area contributed by atoms with Gasteiger partial charge in [-0.1, -0.05) is 30.3 Å². The van der Waals surface area contributed by atoms with Crippen molar-refractivity contribution in [3.8, 4) is 0 Å². The highest BCUT2D eigenvalue weighted by molar-refractivity contribution is 5.98. The second-order valence-corrected chi connectivity index (χ2v) is 4.69. The van der Waals surface area contributed by atoms with Crippen LogP contribution >= 0.6 is 0 Å². The van der Waals surface area contributed by atoms with E-state index in [1.807, 2.05) is 18.2 Å². The molecule has 2 aromatic rings. The maximum atomic E-state index is 12.2. The molecule has 3 heteroatoms. The van der Waals surface area contributed by atoms with Crippen LogP contribution in [-0.4, -0.2) is 5.78 Å². The smallest absolute Gasteiger partial charge is 0.201 e. The number of hydrogen-bond acceptors (Lipinski definition) is 3. The van der Waals surface area contributed by atoms with Crippen LogP contribution in [0.1, 0.15) is 34.2 Å². The van der Waals surface area contributed by atoms with Gasteiger partial charge in [0.15, 0.2) is 5.76 Å². The van der Waals surface area contributed by atoms with E-state index >= 15 is 0 Å². The number of furan rings is 1. The molecule has 1 fully saturated rings. The van der Waals surface area contributed by atoms with Crippen molar-refractivity contribution in [2.24, 2.45) is 11.7 Å². The largest absolute Gasteiger partial charge is 0.457 e. The van der Waals surface area contributed by atoms with E-state index in [1.54, 1.807) is 12.1 Å². The van der Waals surface area contributed by atoms with E-state index in [9.17, 15) is 4.79 Å². The normalized spacial score (nSPS) is 21.8. The maximum Gasteiger partial charge on any atom is 0.201 e. The van der Waals surface area contributed by atoms with Crippen LogP contribution in [0.2, 0.25) is 0 Å². The van der Waals surface area contributed by atoms with Crippen LogP contribution in [0.25, 0.3) is 0 Å². The zero-order valence-electron chi connectivity index (χ0n) is 10.0. The summed E-state index contributed by atoms with van der Waals surface area (Å²) >= 11 is 0. The summed E-state index contributed by atoms with van der Waals surface area (Å²) in [7, 11) is 0. The van der Waals surface area contributed by atoms with Gasteiger partial charge in [-0.2, -0.15) is 0 Å². The monoisotopic (exact) mass is 241 g/mol. The quantitative estimate of drug-likeness (QED) is 0.837. The van der Waals surface area contributed by atoms with Crippen molar-refractivity contribution < 1.29 is 9.21 Å². The first-order chi connectivity index (χ1) is 8.79. The van der Waals surface area contributed by atoms with Gasteiger partial charge in [0.2, 0.25) is 5.78 Å². The molecule has 92 valence electrons. The Kier molecular flexibility index (Phi) is 2.76. The Balaban J connectivity index is 1.73. The molecule has 0 aliphatic heterocycles. The number of hydrogen-bond donors (Lipinski definition) is 1. The van der Waals surface area contributed by atoms with Gasteiger partial charge in [-0.05, 0) is 30.0 Å². The Morgan fingerprint density at radius 2 is 2.00 bits per heavy atom. The third-order valence-electron chi connectivity index (χ3n) is 3.46. The first-order valence-corrected chi connectivity index (χ1v) is 6.17. The molecule has 1 aromatic heterocycles. The number of carbonyl (C=O) groups is 1. The van der Waals surface area contributed by atoms with Crippen LogP contribution in [-0.2, 0) is 6.54 Å². The van der Waals surface area contributed by atoms with Crippen LogP contribution in [0.4, 0.5) is 0 Å². The maximum absolute atomic E-state index is 12.2. The topological polar surface area (TPSA) is 56.2 Å². The van der Waals surface area contributed by atoms with Gasteiger partial charge in [0.25, 0.3) is 0 Å². The molecule has 1 saturated carbocycles. The second kappa shape index (κ2) is 4.42. The van der Waals surface area contributed by atoms with Crippen LogP contribution in [0, 0.1) is 5.92 Å². The minimum absolute atomic E-state index is 0.0733. The fraction of sp³-hybridized carbons (Fsp3) is 0.267. The Bertz CT molecular complexity index is 559. The van der Waals surface area contributed by atoms with E-state index in [0.29, 0.717) is 24.0 Å². The van der Waals surface area contributed by atoms with Crippen molar-refractivity contribution in [1.29, 1.82) is 0 Å². The standard InChI is InChI=1S/C15H15NO2/c16-9-11-6-7-14(18-11)15(17)13-8-12(13)10-4-2-1-3-5-10/h1-7,12-13H,8-9,16H2. The Labute approximate surface area is 106 Å². The van der Waals surface area contributed by atoms with Gasteiger partial charge >= 0.3 is 0 Å². The van der Waals surface area contributed by atoms with Gasteiger partial charge in [0, 0.05) is 5.92 Å². The SMILES string of the molecule is NCc1ccc(C(=O)C2CC2c2ccccc2)o1. The fourth-order valence-electron chi connectivity index (χ4n) is 2.36. The third kappa shape index (κ3) is 1.97. The molecule has 1 aromatic carbocycles. The average Bonchev–Trinajstić information content (AvgIpc) is 3.08. The fourth-order valence-corrected chi connectivity index (χ4v) is 2.36. The lowest BCUT2D eigenvalue weighted by Crippen LogP contribution is -2.02. The van der Waals surface area contributed by atoms with Gasteiger partial charge in [-0.25, -0.2) is 0 Å². The van der Waals surface area contributed by atoms with E-state index in [-0.39, 0.29) is 11.7 Å². The zero-order valence-corrected chi connectivity index (χ0v) is 10.0. The lowest BCUT2D eigenvalue weighted by Gasteiger charge is -1.98. The highest BCUT2D eigenvalue weighted by atomic mass is 16.3. The van der Waals surface area contributed by atoms with Crippen molar-refractivity contribution in [3.63, 3.8) is 0 Å². The summed E-state index contributed by atoms with van der Waals surface area (Å²) in [6, 6.07) is 13.7. The minimum Gasteiger partial charge on any atom is -0.457 e. The van der Waals surface area contributed by atoms with Crippen LogP contribution in [0.3, 0.4) is 0 Å². The van der Waals surface area contributed by atoms with Crippen LogP contribution in [0.5, 0.6) is 0 Å². The number of nitrogens with two attached hydrogens (primary N) is 1. The van der Waals surface area contributed by atoms with Crippen molar-refractivity contribution >= 4 is 5.78 Å². The summed E-state index contributed by atoms with van der Waals surface area (Å²) in [6.07, 6.45) is 0.918. The number of rotatable bonds is 4. The summed E-state index contributed by atoms with van der Waals surface area (Å²) in [6.45, 7) is 0.333. The molecule has 0 amide bonds. The van der Waals surface area contributed by atoms with Crippen molar-refractivity contribution in [3.05, 3.63) is 59.5 Å². The zero-order chi connectivity index (χ0) is 12.5. The first kappa shape index (κ1) is 11.2. The Morgan fingerprint density at radius 1 is 1.22 bits per heavy atom. The van der Waals surface area contributed by atoms with E-state index in [1.165, 1.54) is 5.56 Å². The number of carbonyl (C=O) groups excluding carboxylic acids is 1. The molecular weight excluding hydrogens is 226 g/mol. The number of Topliss-reactive ketones (excluding diaryl/α,β-unsaturated/α-hetero) is 1. The summed E-state index contributed by atoms with van der Waals surface area (Å²) in [5, 5.41) is 0. The van der Waals surface area contributed by atoms with E-state index in [4.69, 9.17) is 10.2 Å². The third-order valence-corrected chi connectivity index (χ3v) is 3.46. The van der Waals surface area contributed by atoms with Gasteiger partial charge in [0.05, 0.1) is 6.54 Å². The van der Waals surface area contributed by atoms with Gasteiger partial charge in [0.1, 0.15) is 5.76 Å². The molecule has 0 saturated heterocycles. The lowest BCUT2D eigenvalue weighted by atomic mass is 10.1. The summed E-state index contributed by atoms with van der Waals surface area (Å²) in [5.41, 5.74) is 6.71. The molecule has 1 aliphatic carbocycles. The summed E-state index contributed by atoms with van der Waals surface area (Å²) in [5.74, 6) is 1.63. The second-order valence-electron chi connectivity index (χ2n) is 4.69. The van der Waals surface area contributed by atoms with Crippen LogP contribution < -0.4 is 5.73 Å². The number of benzene rings is 1. The molecule has 2 N–H and O–H groups in total. The van der Waals surface area contributed by atoms with Crippen molar-refractivity contribution in [2.45, 2.75) is 18.9 Å². The molecule has 18 heavy (non-hydrogen) atoms. The lowest BCUT2D eigenvalue weighted by molar-refractivity contribution is 0.0936. The molecule has 3 rings (SSSR count). The minimum atomic E-state index is 0.0733. The van der Waals surface area contributed by atoms with Gasteiger partial charge in [-0.3, -0.25) is 4.79 Å². The molecule has 3 nitrogen and oxygen atoms in total. The van der Waals surface area contributed by atoms with E-state index < -0.39 is 0 Å². The Hall–Kier alpha value is -1.87. The highest BCUT2D eigenvalue weighted by Gasteiger charge is 2.44. The number of ketones is 1. The molecule has 0 bridgehead atoms. The average molecular weight is 241 g/mol. The predicted octanol–water partition coefficient (Wildman–Crippen LogP) is 2.72. The van der Waals surface area contributed by atoms with Gasteiger partial charge < -0.3 is 10.2 Å². The molecule has 0 radical (unpaired) electrons. The molecule has 1 aliphatic rings. The van der Waals surface area contributed by atoms with E-state index in [0.717, 1.165) is 6.42 Å². The summed E-state index contributed by atoms with van der Waals surface area (Å²) < 4.78 is 5.41.